The van der Waals surface area contributed by atoms with Crippen molar-refractivity contribution in [1.82, 2.24) is 9.78 Å². The molecule has 0 amide bonds. The summed E-state index contributed by atoms with van der Waals surface area (Å²) >= 11 is 5.83. The lowest BCUT2D eigenvalue weighted by Crippen LogP contribution is -2.07. The van der Waals surface area contributed by atoms with E-state index >= 15 is 0 Å². The van der Waals surface area contributed by atoms with E-state index < -0.39 is 0 Å². The summed E-state index contributed by atoms with van der Waals surface area (Å²) in [7, 11) is 1.84. The highest BCUT2D eigenvalue weighted by molar-refractivity contribution is 6.30. The minimum absolute atomic E-state index is 0.0309. The molecular weight excluding hydrogens is 241 g/mol. The van der Waals surface area contributed by atoms with Gasteiger partial charge >= 0.3 is 0 Å². The van der Waals surface area contributed by atoms with Crippen molar-refractivity contribution in [3.63, 3.8) is 0 Å². The fourth-order valence-electron chi connectivity index (χ4n) is 1.59. The zero-order chi connectivity index (χ0) is 12.4. The second-order valence-corrected chi connectivity index (χ2v) is 4.37. The Morgan fingerprint density at radius 3 is 2.88 bits per heavy atom. The van der Waals surface area contributed by atoms with Crippen molar-refractivity contribution in [2.24, 2.45) is 7.05 Å². The molecule has 90 valence electrons. The largest absolute Gasteiger partial charge is 0.376 e. The number of hydrogen-bond donors (Lipinski definition) is 1. The molecule has 1 unspecified atom stereocenters. The van der Waals surface area contributed by atoms with E-state index in [1.54, 1.807) is 16.9 Å². The molecule has 1 aromatic heterocycles. The summed E-state index contributed by atoms with van der Waals surface area (Å²) < 4.78 is 15.2. The summed E-state index contributed by atoms with van der Waals surface area (Å²) in [5, 5.41) is 7.65. The maximum atomic E-state index is 13.5. The molecule has 1 N–H and O–H groups in total. The SMILES string of the molecule is CC(Nc1cc(Cl)ccc1F)c1cnn(C)c1. The van der Waals surface area contributed by atoms with Gasteiger partial charge in [-0.3, -0.25) is 4.68 Å². The molecule has 0 aliphatic carbocycles. The topological polar surface area (TPSA) is 29.9 Å². The first-order chi connectivity index (χ1) is 8.06. The number of nitrogens with zero attached hydrogens (tertiary/aromatic N) is 2. The van der Waals surface area contributed by atoms with E-state index in [4.69, 9.17) is 11.6 Å². The van der Waals surface area contributed by atoms with Crippen molar-refractivity contribution >= 4 is 17.3 Å². The second-order valence-electron chi connectivity index (χ2n) is 3.94. The minimum Gasteiger partial charge on any atom is -0.376 e. The van der Waals surface area contributed by atoms with E-state index in [2.05, 4.69) is 10.4 Å². The Morgan fingerprint density at radius 1 is 1.47 bits per heavy atom. The van der Waals surface area contributed by atoms with Crippen molar-refractivity contribution in [3.8, 4) is 0 Å². The smallest absolute Gasteiger partial charge is 0.146 e. The molecule has 2 rings (SSSR count). The van der Waals surface area contributed by atoms with Gasteiger partial charge in [-0.05, 0) is 25.1 Å². The minimum atomic E-state index is -0.315. The van der Waals surface area contributed by atoms with Crippen molar-refractivity contribution in [3.05, 3.63) is 47.0 Å². The molecule has 17 heavy (non-hydrogen) atoms. The van der Waals surface area contributed by atoms with Crippen molar-refractivity contribution in [1.29, 1.82) is 0 Å². The summed E-state index contributed by atoms with van der Waals surface area (Å²) in [6, 6.07) is 4.41. The predicted molar refractivity (Wildman–Crippen MR) is 66.7 cm³/mol. The fourth-order valence-corrected chi connectivity index (χ4v) is 1.76. The normalized spacial score (nSPS) is 12.5. The number of hydrogen-bond acceptors (Lipinski definition) is 2. The molecule has 5 heteroatoms. The first-order valence-corrected chi connectivity index (χ1v) is 5.64. The van der Waals surface area contributed by atoms with E-state index in [9.17, 15) is 4.39 Å². The third-order valence-corrected chi connectivity index (χ3v) is 2.76. The molecule has 0 aliphatic heterocycles. The van der Waals surface area contributed by atoms with Crippen LogP contribution in [0.15, 0.2) is 30.6 Å². The molecule has 2 aromatic rings. The van der Waals surface area contributed by atoms with Gasteiger partial charge in [0, 0.05) is 23.8 Å². The Morgan fingerprint density at radius 2 is 2.24 bits per heavy atom. The third kappa shape index (κ3) is 2.77. The van der Waals surface area contributed by atoms with Gasteiger partial charge in [-0.1, -0.05) is 11.6 Å². The maximum Gasteiger partial charge on any atom is 0.146 e. The van der Waals surface area contributed by atoms with Crippen LogP contribution in [0.1, 0.15) is 18.5 Å². The van der Waals surface area contributed by atoms with Crippen LogP contribution < -0.4 is 5.32 Å². The van der Waals surface area contributed by atoms with Crippen LogP contribution in [-0.4, -0.2) is 9.78 Å². The highest BCUT2D eigenvalue weighted by Gasteiger charge is 2.10. The number of nitrogens with one attached hydrogen (secondary N) is 1. The molecule has 0 spiro atoms. The predicted octanol–water partition coefficient (Wildman–Crippen LogP) is 3.39. The van der Waals surface area contributed by atoms with E-state index in [0.29, 0.717) is 10.7 Å². The molecule has 0 fully saturated rings. The summed E-state index contributed by atoms with van der Waals surface area (Å²) in [5.41, 5.74) is 1.39. The number of anilines is 1. The van der Waals surface area contributed by atoms with E-state index in [0.717, 1.165) is 5.56 Å². The molecule has 0 radical (unpaired) electrons. The van der Waals surface area contributed by atoms with Gasteiger partial charge in [-0.15, -0.1) is 0 Å². The van der Waals surface area contributed by atoms with Crippen LogP contribution in [0.5, 0.6) is 0 Å². The Hall–Kier alpha value is -1.55. The van der Waals surface area contributed by atoms with Crippen LogP contribution >= 0.6 is 11.6 Å². The molecule has 1 aromatic carbocycles. The van der Waals surface area contributed by atoms with Gasteiger partial charge in [-0.25, -0.2) is 4.39 Å². The zero-order valence-corrected chi connectivity index (χ0v) is 10.4. The van der Waals surface area contributed by atoms with Gasteiger partial charge in [0.05, 0.1) is 17.9 Å². The van der Waals surface area contributed by atoms with Crippen LogP contribution in [-0.2, 0) is 7.05 Å². The Bertz CT molecular complexity index is 524. The number of rotatable bonds is 3. The summed E-state index contributed by atoms with van der Waals surface area (Å²) in [6.07, 6.45) is 3.64. The number of aryl methyl sites for hydroxylation is 1. The number of aromatic nitrogens is 2. The second kappa shape index (κ2) is 4.75. The quantitative estimate of drug-likeness (QED) is 0.909. The maximum absolute atomic E-state index is 13.5. The number of halogens is 2. The fraction of sp³-hybridized carbons (Fsp3) is 0.250. The van der Waals surface area contributed by atoms with Gasteiger partial charge in [0.2, 0.25) is 0 Å². The Kier molecular flexibility index (Phi) is 3.33. The van der Waals surface area contributed by atoms with Crippen LogP contribution in [0, 0.1) is 5.82 Å². The Labute approximate surface area is 104 Å². The zero-order valence-electron chi connectivity index (χ0n) is 9.61. The lowest BCUT2D eigenvalue weighted by molar-refractivity contribution is 0.627. The van der Waals surface area contributed by atoms with Gasteiger partial charge in [0.1, 0.15) is 5.82 Å². The molecule has 0 saturated carbocycles. The lowest BCUT2D eigenvalue weighted by atomic mass is 10.2. The van der Waals surface area contributed by atoms with Crippen molar-refractivity contribution < 1.29 is 4.39 Å². The van der Waals surface area contributed by atoms with Crippen LogP contribution in [0.3, 0.4) is 0 Å². The van der Waals surface area contributed by atoms with E-state index in [1.165, 1.54) is 12.1 Å². The van der Waals surface area contributed by atoms with Gasteiger partial charge in [-0.2, -0.15) is 5.10 Å². The van der Waals surface area contributed by atoms with Crippen molar-refractivity contribution in [2.75, 3.05) is 5.32 Å². The van der Waals surface area contributed by atoms with Gasteiger partial charge in [0.25, 0.3) is 0 Å². The average Bonchev–Trinajstić information content (AvgIpc) is 2.70. The van der Waals surface area contributed by atoms with Crippen LogP contribution in [0.2, 0.25) is 5.02 Å². The summed E-state index contributed by atoms with van der Waals surface area (Å²) in [6.45, 7) is 1.94. The highest BCUT2D eigenvalue weighted by atomic mass is 35.5. The van der Waals surface area contributed by atoms with E-state index in [1.807, 2.05) is 20.2 Å². The highest BCUT2D eigenvalue weighted by Crippen LogP contribution is 2.24. The average molecular weight is 254 g/mol. The van der Waals surface area contributed by atoms with Crippen LogP contribution in [0.25, 0.3) is 0 Å². The van der Waals surface area contributed by atoms with Gasteiger partial charge < -0.3 is 5.32 Å². The monoisotopic (exact) mass is 253 g/mol. The van der Waals surface area contributed by atoms with E-state index in [-0.39, 0.29) is 11.9 Å². The van der Waals surface area contributed by atoms with Crippen molar-refractivity contribution in [2.45, 2.75) is 13.0 Å². The number of benzene rings is 1. The molecule has 0 aliphatic rings. The van der Waals surface area contributed by atoms with Crippen LogP contribution in [0.4, 0.5) is 10.1 Å². The Balaban J connectivity index is 2.18. The molecule has 0 bridgehead atoms. The molecule has 1 atom stereocenters. The summed E-state index contributed by atoms with van der Waals surface area (Å²) in [5.74, 6) is -0.315. The lowest BCUT2D eigenvalue weighted by Gasteiger charge is -2.14. The molecule has 1 heterocycles. The molecular formula is C12H13ClFN3. The van der Waals surface area contributed by atoms with Gasteiger partial charge in [0.15, 0.2) is 0 Å². The molecule has 3 nitrogen and oxygen atoms in total. The first kappa shape index (κ1) is 11.9. The standard InChI is InChI=1S/C12H13ClFN3/c1-8(9-6-15-17(2)7-9)16-12-5-10(13)3-4-11(12)14/h3-8,16H,1-2H3. The first-order valence-electron chi connectivity index (χ1n) is 5.26. The molecule has 0 saturated heterocycles. The third-order valence-electron chi connectivity index (χ3n) is 2.53. The summed E-state index contributed by atoms with van der Waals surface area (Å²) in [4.78, 5) is 0.